The average Bonchev–Trinajstić information content (AvgIpc) is 2.61. The first-order valence-corrected chi connectivity index (χ1v) is 8.20. The molecule has 23 heavy (non-hydrogen) atoms. The molecule has 4 nitrogen and oxygen atoms in total. The number of methoxy groups -OCH3 is 1. The summed E-state index contributed by atoms with van der Waals surface area (Å²) in [4.78, 5) is 12.7. The molecule has 122 valence electrons. The highest BCUT2D eigenvalue weighted by Gasteiger charge is 2.40. The maximum Gasteiger partial charge on any atom is 0.252 e. The number of amides is 1. The van der Waals surface area contributed by atoms with Crippen LogP contribution in [-0.4, -0.2) is 31.7 Å². The van der Waals surface area contributed by atoms with E-state index in [1.807, 2.05) is 19.1 Å². The SMILES string of the molecule is COC1(C(=O)NC(C)c2ccc3ccccc3c2)CCNCC1. The van der Waals surface area contributed by atoms with Gasteiger partial charge in [0, 0.05) is 7.11 Å². The van der Waals surface area contributed by atoms with Crippen LogP contribution < -0.4 is 10.6 Å². The Bertz CT molecular complexity index is 693. The lowest BCUT2D eigenvalue weighted by Gasteiger charge is -2.35. The summed E-state index contributed by atoms with van der Waals surface area (Å²) in [6.45, 7) is 3.64. The zero-order valence-electron chi connectivity index (χ0n) is 13.8. The fourth-order valence-corrected chi connectivity index (χ4v) is 3.24. The maximum atomic E-state index is 12.7. The molecular formula is C19H24N2O2. The lowest BCUT2D eigenvalue weighted by Crippen LogP contribution is -2.54. The fraction of sp³-hybridized carbons (Fsp3) is 0.421. The fourth-order valence-electron chi connectivity index (χ4n) is 3.24. The number of fused-ring (bicyclic) bond motifs is 1. The zero-order chi connectivity index (χ0) is 16.3. The zero-order valence-corrected chi connectivity index (χ0v) is 13.8. The van der Waals surface area contributed by atoms with Crippen molar-refractivity contribution < 1.29 is 9.53 Å². The van der Waals surface area contributed by atoms with Crippen LogP contribution in [0.2, 0.25) is 0 Å². The van der Waals surface area contributed by atoms with E-state index in [9.17, 15) is 4.79 Å². The van der Waals surface area contributed by atoms with E-state index < -0.39 is 5.60 Å². The van der Waals surface area contributed by atoms with Crippen molar-refractivity contribution in [1.29, 1.82) is 0 Å². The molecule has 1 amide bonds. The molecule has 1 unspecified atom stereocenters. The molecule has 0 spiro atoms. The monoisotopic (exact) mass is 312 g/mol. The molecule has 0 bridgehead atoms. The van der Waals surface area contributed by atoms with Gasteiger partial charge in [-0.15, -0.1) is 0 Å². The number of nitrogens with one attached hydrogen (secondary N) is 2. The van der Waals surface area contributed by atoms with E-state index in [1.54, 1.807) is 7.11 Å². The molecule has 1 aliphatic heterocycles. The summed E-state index contributed by atoms with van der Waals surface area (Å²) in [5.74, 6) is -0.0119. The highest BCUT2D eigenvalue weighted by atomic mass is 16.5. The molecule has 1 saturated heterocycles. The van der Waals surface area contributed by atoms with Crippen LogP contribution in [0.4, 0.5) is 0 Å². The van der Waals surface area contributed by atoms with Crippen molar-refractivity contribution in [2.24, 2.45) is 0 Å². The van der Waals surface area contributed by atoms with E-state index in [-0.39, 0.29) is 11.9 Å². The van der Waals surface area contributed by atoms with Crippen LogP contribution in [-0.2, 0) is 9.53 Å². The molecular weight excluding hydrogens is 288 g/mol. The van der Waals surface area contributed by atoms with Crippen LogP contribution in [0.25, 0.3) is 10.8 Å². The number of carbonyl (C=O) groups excluding carboxylic acids is 1. The van der Waals surface area contributed by atoms with Crippen LogP contribution >= 0.6 is 0 Å². The first kappa shape index (κ1) is 16.0. The third-order valence-corrected chi connectivity index (χ3v) is 4.84. The second-order valence-electron chi connectivity index (χ2n) is 6.25. The Kier molecular flexibility index (Phi) is 4.64. The molecule has 0 radical (unpaired) electrons. The molecule has 2 aromatic rings. The van der Waals surface area contributed by atoms with Crippen LogP contribution in [0, 0.1) is 0 Å². The van der Waals surface area contributed by atoms with Gasteiger partial charge >= 0.3 is 0 Å². The second-order valence-corrected chi connectivity index (χ2v) is 6.25. The molecule has 1 fully saturated rings. The van der Waals surface area contributed by atoms with E-state index >= 15 is 0 Å². The number of piperidine rings is 1. The van der Waals surface area contributed by atoms with Gasteiger partial charge in [-0.05, 0) is 55.3 Å². The molecule has 0 aliphatic carbocycles. The Balaban J connectivity index is 1.76. The van der Waals surface area contributed by atoms with Crippen LogP contribution in [0.1, 0.15) is 31.4 Å². The van der Waals surface area contributed by atoms with Gasteiger partial charge in [-0.3, -0.25) is 4.79 Å². The highest BCUT2D eigenvalue weighted by Crippen LogP contribution is 2.25. The third-order valence-electron chi connectivity index (χ3n) is 4.84. The Morgan fingerprint density at radius 2 is 1.87 bits per heavy atom. The highest BCUT2D eigenvalue weighted by molar-refractivity contribution is 5.86. The summed E-state index contributed by atoms with van der Waals surface area (Å²) in [6.07, 6.45) is 1.42. The van der Waals surface area contributed by atoms with Crippen LogP contribution in [0.3, 0.4) is 0 Å². The minimum Gasteiger partial charge on any atom is -0.368 e. The first-order valence-electron chi connectivity index (χ1n) is 8.20. The quantitative estimate of drug-likeness (QED) is 0.913. The largest absolute Gasteiger partial charge is 0.368 e. The minimum absolute atomic E-state index is 0.0119. The Morgan fingerprint density at radius 3 is 2.57 bits per heavy atom. The molecule has 1 aliphatic rings. The van der Waals surface area contributed by atoms with Gasteiger partial charge < -0.3 is 15.4 Å². The minimum atomic E-state index is -0.698. The van der Waals surface area contributed by atoms with Crippen molar-refractivity contribution in [2.75, 3.05) is 20.2 Å². The predicted molar refractivity (Wildman–Crippen MR) is 92.3 cm³/mol. The van der Waals surface area contributed by atoms with E-state index in [0.717, 1.165) is 18.7 Å². The molecule has 1 heterocycles. The van der Waals surface area contributed by atoms with Gasteiger partial charge in [-0.25, -0.2) is 0 Å². The molecule has 2 aromatic carbocycles. The van der Waals surface area contributed by atoms with Crippen LogP contribution in [0.5, 0.6) is 0 Å². The smallest absolute Gasteiger partial charge is 0.252 e. The maximum absolute atomic E-state index is 12.7. The second kappa shape index (κ2) is 6.69. The summed E-state index contributed by atoms with van der Waals surface area (Å²) in [5, 5.41) is 8.80. The Hall–Kier alpha value is -1.91. The first-order chi connectivity index (χ1) is 11.1. The average molecular weight is 312 g/mol. The predicted octanol–water partition coefficient (Wildman–Crippen LogP) is 2.79. The summed E-state index contributed by atoms with van der Waals surface area (Å²) in [5.41, 5.74) is 0.410. The topological polar surface area (TPSA) is 50.4 Å². The molecule has 0 aromatic heterocycles. The normalized spacial score (nSPS) is 18.5. The summed E-state index contributed by atoms with van der Waals surface area (Å²) >= 11 is 0. The number of hydrogen-bond acceptors (Lipinski definition) is 3. The van der Waals surface area contributed by atoms with Gasteiger partial charge in [0.2, 0.25) is 0 Å². The van der Waals surface area contributed by atoms with Gasteiger partial charge in [0.25, 0.3) is 5.91 Å². The molecule has 4 heteroatoms. The van der Waals surface area contributed by atoms with Gasteiger partial charge in [0.05, 0.1) is 6.04 Å². The van der Waals surface area contributed by atoms with Gasteiger partial charge in [0.15, 0.2) is 0 Å². The summed E-state index contributed by atoms with van der Waals surface area (Å²) in [6, 6.07) is 14.5. The molecule has 2 N–H and O–H groups in total. The molecule has 1 atom stereocenters. The standard InChI is InChI=1S/C19H24N2O2/c1-14(16-8-7-15-5-3-4-6-17(15)13-16)21-18(22)19(23-2)9-11-20-12-10-19/h3-8,13-14,20H,9-12H2,1-2H3,(H,21,22). The van der Waals surface area contributed by atoms with E-state index in [0.29, 0.717) is 12.8 Å². The number of ether oxygens (including phenoxy) is 1. The molecule has 3 rings (SSSR count). The van der Waals surface area contributed by atoms with Crippen molar-refractivity contribution in [3.05, 3.63) is 48.0 Å². The number of hydrogen-bond donors (Lipinski definition) is 2. The molecule has 0 saturated carbocycles. The van der Waals surface area contributed by atoms with E-state index in [1.165, 1.54) is 10.8 Å². The number of rotatable bonds is 4. The summed E-state index contributed by atoms with van der Waals surface area (Å²) < 4.78 is 5.60. The van der Waals surface area contributed by atoms with Gasteiger partial charge in [-0.1, -0.05) is 36.4 Å². The number of carbonyl (C=O) groups is 1. The van der Waals surface area contributed by atoms with Crippen molar-refractivity contribution in [1.82, 2.24) is 10.6 Å². The summed E-state index contributed by atoms with van der Waals surface area (Å²) in [7, 11) is 1.63. The number of benzene rings is 2. The lowest BCUT2D eigenvalue weighted by atomic mass is 9.90. The van der Waals surface area contributed by atoms with Crippen molar-refractivity contribution in [2.45, 2.75) is 31.4 Å². The van der Waals surface area contributed by atoms with Gasteiger partial charge in [-0.2, -0.15) is 0 Å². The van der Waals surface area contributed by atoms with Gasteiger partial charge in [0.1, 0.15) is 5.60 Å². The van der Waals surface area contributed by atoms with E-state index in [2.05, 4.69) is 41.0 Å². The van der Waals surface area contributed by atoms with Crippen LogP contribution in [0.15, 0.2) is 42.5 Å². The van der Waals surface area contributed by atoms with Crippen molar-refractivity contribution in [3.8, 4) is 0 Å². The Labute approximate surface area is 137 Å². The van der Waals surface area contributed by atoms with Crippen molar-refractivity contribution in [3.63, 3.8) is 0 Å². The lowest BCUT2D eigenvalue weighted by molar-refractivity contribution is -0.147. The van der Waals surface area contributed by atoms with Crippen molar-refractivity contribution >= 4 is 16.7 Å². The van der Waals surface area contributed by atoms with E-state index in [4.69, 9.17) is 4.74 Å². The third kappa shape index (κ3) is 3.23. The Morgan fingerprint density at radius 1 is 1.17 bits per heavy atom.